The van der Waals surface area contributed by atoms with Crippen molar-refractivity contribution in [2.75, 3.05) is 24.5 Å². The molecule has 1 amide bonds. The van der Waals surface area contributed by atoms with Crippen LogP contribution >= 0.6 is 0 Å². The fourth-order valence-electron chi connectivity index (χ4n) is 4.65. The predicted molar refractivity (Wildman–Crippen MR) is 82.4 cm³/mol. The number of anilines is 1. The zero-order valence-corrected chi connectivity index (χ0v) is 13.3. The third-order valence-electron chi connectivity index (χ3n) is 5.57. The van der Waals surface area contributed by atoms with Crippen molar-refractivity contribution >= 4 is 11.7 Å². The van der Waals surface area contributed by atoms with Gasteiger partial charge in [0.25, 0.3) is 0 Å². The molecule has 2 bridgehead atoms. The Bertz CT molecular complexity index is 648. The van der Waals surface area contributed by atoms with Gasteiger partial charge in [-0.1, -0.05) is 0 Å². The minimum Gasteiger partial charge on any atom is -0.355 e. The maximum Gasteiger partial charge on any atom is 0.419 e. The Kier molecular flexibility index (Phi) is 3.69. The Hall–Kier alpha value is -1.79. The van der Waals surface area contributed by atoms with Gasteiger partial charge in [-0.05, 0) is 43.2 Å². The molecular weight excluding hydrogens is 319 g/mol. The Balaban J connectivity index is 1.62. The van der Waals surface area contributed by atoms with Gasteiger partial charge in [0.15, 0.2) is 0 Å². The van der Waals surface area contributed by atoms with Crippen LogP contribution < -0.4 is 4.90 Å². The van der Waals surface area contributed by atoms with Crippen LogP contribution in [0.1, 0.15) is 31.2 Å². The van der Waals surface area contributed by atoms with E-state index >= 15 is 0 Å². The highest BCUT2D eigenvalue weighted by Gasteiger charge is 2.45. The molecule has 1 aromatic heterocycles. The predicted octanol–water partition coefficient (Wildman–Crippen LogP) is 2.94. The number of carbonyl (C=O) groups excluding carboxylic acids is 1. The first-order valence-electron chi connectivity index (χ1n) is 8.50. The second kappa shape index (κ2) is 5.63. The Morgan fingerprint density at radius 3 is 2.83 bits per heavy atom. The van der Waals surface area contributed by atoms with Crippen LogP contribution in [0.15, 0.2) is 18.3 Å². The van der Waals surface area contributed by atoms with Gasteiger partial charge in [0.1, 0.15) is 5.82 Å². The third-order valence-corrected chi connectivity index (χ3v) is 5.57. The SMILES string of the molecule is O=C1CCC[C@H]2[C@@H]3C[C@@H](CN(c4ncccc4C(F)(F)F)C3)CN12. The summed E-state index contributed by atoms with van der Waals surface area (Å²) in [4.78, 5) is 20.0. The molecule has 3 fully saturated rings. The van der Waals surface area contributed by atoms with Gasteiger partial charge >= 0.3 is 6.18 Å². The lowest BCUT2D eigenvalue weighted by atomic mass is 9.76. The summed E-state index contributed by atoms with van der Waals surface area (Å²) in [7, 11) is 0. The molecule has 0 aliphatic carbocycles. The lowest BCUT2D eigenvalue weighted by Gasteiger charge is -2.52. The van der Waals surface area contributed by atoms with E-state index in [9.17, 15) is 18.0 Å². The Morgan fingerprint density at radius 2 is 2.04 bits per heavy atom. The van der Waals surface area contributed by atoms with Crippen molar-refractivity contribution in [1.29, 1.82) is 0 Å². The number of amides is 1. The zero-order chi connectivity index (χ0) is 16.9. The number of aromatic nitrogens is 1. The molecular formula is C17H20F3N3O. The van der Waals surface area contributed by atoms with E-state index in [1.165, 1.54) is 12.3 Å². The Labute approximate surface area is 138 Å². The highest BCUT2D eigenvalue weighted by Crippen LogP contribution is 2.41. The molecule has 0 unspecified atom stereocenters. The molecule has 24 heavy (non-hydrogen) atoms. The number of fused-ring (bicyclic) bond motifs is 4. The summed E-state index contributed by atoms with van der Waals surface area (Å²) in [6.45, 7) is 1.75. The summed E-state index contributed by atoms with van der Waals surface area (Å²) >= 11 is 0. The van der Waals surface area contributed by atoms with Crippen LogP contribution in [-0.2, 0) is 11.0 Å². The minimum absolute atomic E-state index is 0.0373. The first kappa shape index (κ1) is 15.7. The highest BCUT2D eigenvalue weighted by atomic mass is 19.4. The van der Waals surface area contributed by atoms with Crippen molar-refractivity contribution in [3.05, 3.63) is 23.9 Å². The molecule has 0 N–H and O–H groups in total. The molecule has 3 atom stereocenters. The summed E-state index contributed by atoms with van der Waals surface area (Å²) < 4.78 is 39.9. The van der Waals surface area contributed by atoms with Gasteiger partial charge in [0, 0.05) is 38.3 Å². The summed E-state index contributed by atoms with van der Waals surface area (Å²) in [6, 6.07) is 2.62. The first-order valence-corrected chi connectivity index (χ1v) is 8.50. The maximum atomic E-state index is 13.3. The van der Waals surface area contributed by atoms with E-state index in [1.54, 1.807) is 4.90 Å². The van der Waals surface area contributed by atoms with Gasteiger partial charge in [-0.3, -0.25) is 4.79 Å². The van der Waals surface area contributed by atoms with Crippen LogP contribution in [0.5, 0.6) is 0 Å². The molecule has 3 saturated heterocycles. The van der Waals surface area contributed by atoms with Crippen molar-refractivity contribution in [3.63, 3.8) is 0 Å². The van der Waals surface area contributed by atoms with E-state index in [2.05, 4.69) is 4.98 Å². The van der Waals surface area contributed by atoms with Gasteiger partial charge in [-0.2, -0.15) is 13.2 Å². The van der Waals surface area contributed by atoms with Crippen molar-refractivity contribution in [2.45, 2.75) is 37.9 Å². The van der Waals surface area contributed by atoms with Gasteiger partial charge in [-0.25, -0.2) is 4.98 Å². The van der Waals surface area contributed by atoms with Crippen molar-refractivity contribution < 1.29 is 18.0 Å². The third kappa shape index (κ3) is 2.63. The summed E-state index contributed by atoms with van der Waals surface area (Å²) in [5, 5.41) is 0. The van der Waals surface area contributed by atoms with Gasteiger partial charge in [0.05, 0.1) is 5.56 Å². The number of hydrogen-bond acceptors (Lipinski definition) is 3. The maximum absolute atomic E-state index is 13.3. The summed E-state index contributed by atoms with van der Waals surface area (Å²) in [5.41, 5.74) is -0.665. The van der Waals surface area contributed by atoms with E-state index < -0.39 is 11.7 Å². The van der Waals surface area contributed by atoms with E-state index in [0.29, 0.717) is 26.1 Å². The second-order valence-corrected chi connectivity index (χ2v) is 7.14. The monoisotopic (exact) mass is 339 g/mol. The topological polar surface area (TPSA) is 36.4 Å². The highest BCUT2D eigenvalue weighted by molar-refractivity contribution is 5.77. The number of halogens is 3. The molecule has 4 nitrogen and oxygen atoms in total. The molecule has 4 rings (SSSR count). The number of pyridine rings is 1. The van der Waals surface area contributed by atoms with Crippen LogP contribution in [0.3, 0.4) is 0 Å². The van der Waals surface area contributed by atoms with Gasteiger partial charge in [-0.15, -0.1) is 0 Å². The van der Waals surface area contributed by atoms with Gasteiger partial charge in [0.2, 0.25) is 5.91 Å². The fraction of sp³-hybridized carbons (Fsp3) is 0.647. The van der Waals surface area contributed by atoms with Crippen LogP contribution in [0.2, 0.25) is 0 Å². The van der Waals surface area contributed by atoms with E-state index in [0.717, 1.165) is 25.3 Å². The quantitative estimate of drug-likeness (QED) is 0.789. The van der Waals surface area contributed by atoms with E-state index in [4.69, 9.17) is 0 Å². The molecule has 0 saturated carbocycles. The number of piperidine rings is 3. The molecule has 3 aliphatic heterocycles. The smallest absolute Gasteiger partial charge is 0.355 e. The summed E-state index contributed by atoms with van der Waals surface area (Å²) in [6.07, 6.45) is 0.482. The van der Waals surface area contributed by atoms with Crippen molar-refractivity contribution in [1.82, 2.24) is 9.88 Å². The molecule has 7 heteroatoms. The molecule has 4 heterocycles. The second-order valence-electron chi connectivity index (χ2n) is 7.14. The minimum atomic E-state index is -4.40. The lowest BCUT2D eigenvalue weighted by molar-refractivity contribution is -0.142. The standard InChI is InChI=1S/C17H20F3N3O/c18-17(19,20)13-3-2-6-21-16(13)22-8-11-7-12(10-22)14-4-1-5-15(24)23(14)9-11/h2-3,6,11-12,14H,1,4-5,7-10H2/t11-,12+,14-/m0/s1. The van der Waals surface area contributed by atoms with Crippen LogP contribution in [-0.4, -0.2) is 41.5 Å². The number of hydrogen-bond donors (Lipinski definition) is 0. The van der Waals surface area contributed by atoms with Gasteiger partial charge < -0.3 is 9.80 Å². The molecule has 3 aliphatic rings. The van der Waals surface area contributed by atoms with Crippen LogP contribution in [0, 0.1) is 11.8 Å². The molecule has 1 aromatic rings. The average Bonchev–Trinajstić information content (AvgIpc) is 2.55. The fourth-order valence-corrected chi connectivity index (χ4v) is 4.65. The zero-order valence-electron chi connectivity index (χ0n) is 13.3. The van der Waals surface area contributed by atoms with E-state index in [-0.39, 0.29) is 29.6 Å². The number of alkyl halides is 3. The van der Waals surface area contributed by atoms with E-state index in [1.807, 2.05) is 4.90 Å². The van der Waals surface area contributed by atoms with Crippen LogP contribution in [0.25, 0.3) is 0 Å². The van der Waals surface area contributed by atoms with Crippen molar-refractivity contribution in [3.8, 4) is 0 Å². The summed E-state index contributed by atoms with van der Waals surface area (Å²) in [5.74, 6) is 0.716. The number of rotatable bonds is 1. The molecule has 0 radical (unpaired) electrons. The largest absolute Gasteiger partial charge is 0.419 e. The number of carbonyl (C=O) groups is 1. The van der Waals surface area contributed by atoms with Crippen LogP contribution in [0.4, 0.5) is 19.0 Å². The molecule has 130 valence electrons. The number of nitrogens with zero attached hydrogens (tertiary/aromatic N) is 3. The first-order chi connectivity index (χ1) is 11.4. The normalized spacial score (nSPS) is 30.3. The lowest BCUT2D eigenvalue weighted by Crippen LogP contribution is -2.60. The Morgan fingerprint density at radius 1 is 1.21 bits per heavy atom. The molecule has 0 aromatic carbocycles. The molecule has 0 spiro atoms. The average molecular weight is 339 g/mol. The van der Waals surface area contributed by atoms with Crippen molar-refractivity contribution in [2.24, 2.45) is 11.8 Å².